The van der Waals surface area contributed by atoms with Gasteiger partial charge in [0.1, 0.15) is 0 Å². The van der Waals surface area contributed by atoms with Crippen LogP contribution in [0.15, 0.2) is 6.07 Å². The predicted octanol–water partition coefficient (Wildman–Crippen LogP) is 2.77. The Hall–Kier alpha value is -1.36. The molecule has 2 rings (SSSR count). The van der Waals surface area contributed by atoms with Gasteiger partial charge in [0.2, 0.25) is 11.8 Å². The standard InChI is InChI=1S/C14H24N4O/c1-5-19-13-9-10(2)15-14(16-13)17-18-11(3)7-6-8-12(18)4/h9,11-12H,5-8H2,1-4H3,(H,15,16,17). The molecule has 1 aromatic rings. The number of nitrogens with one attached hydrogen (secondary N) is 1. The molecule has 0 aromatic carbocycles. The zero-order valence-electron chi connectivity index (χ0n) is 12.3. The van der Waals surface area contributed by atoms with Gasteiger partial charge in [0.05, 0.1) is 6.61 Å². The molecule has 19 heavy (non-hydrogen) atoms. The highest BCUT2D eigenvalue weighted by Crippen LogP contribution is 2.23. The number of anilines is 1. The van der Waals surface area contributed by atoms with Gasteiger partial charge in [-0.05, 0) is 40.5 Å². The summed E-state index contributed by atoms with van der Waals surface area (Å²) in [5.74, 6) is 1.26. The van der Waals surface area contributed by atoms with Gasteiger partial charge in [-0.3, -0.25) is 5.43 Å². The predicted molar refractivity (Wildman–Crippen MR) is 76.2 cm³/mol. The molecule has 1 aliphatic rings. The number of hydrogen-bond donors (Lipinski definition) is 1. The van der Waals surface area contributed by atoms with Crippen LogP contribution in [0.25, 0.3) is 0 Å². The minimum absolute atomic E-state index is 0.503. The summed E-state index contributed by atoms with van der Waals surface area (Å²) in [5.41, 5.74) is 4.27. The first-order valence-corrected chi connectivity index (χ1v) is 7.13. The lowest BCUT2D eigenvalue weighted by atomic mass is 10.00. The van der Waals surface area contributed by atoms with Crippen LogP contribution in [-0.4, -0.2) is 33.7 Å². The van der Waals surface area contributed by atoms with Gasteiger partial charge in [0, 0.05) is 23.8 Å². The smallest absolute Gasteiger partial charge is 0.241 e. The molecular weight excluding hydrogens is 240 g/mol. The van der Waals surface area contributed by atoms with Crippen LogP contribution in [0.1, 0.15) is 45.7 Å². The third-order valence-electron chi connectivity index (χ3n) is 3.55. The summed E-state index contributed by atoms with van der Waals surface area (Å²) in [7, 11) is 0. The fourth-order valence-electron chi connectivity index (χ4n) is 2.57. The molecule has 106 valence electrons. The summed E-state index contributed by atoms with van der Waals surface area (Å²) in [6.45, 7) is 9.01. The highest BCUT2D eigenvalue weighted by molar-refractivity contribution is 5.30. The molecule has 1 aromatic heterocycles. The second-order valence-corrected chi connectivity index (χ2v) is 5.25. The molecule has 0 bridgehead atoms. The molecule has 2 atom stereocenters. The molecule has 1 N–H and O–H groups in total. The fourth-order valence-corrected chi connectivity index (χ4v) is 2.57. The van der Waals surface area contributed by atoms with Gasteiger partial charge >= 0.3 is 0 Å². The van der Waals surface area contributed by atoms with Gasteiger partial charge in [-0.2, -0.15) is 4.98 Å². The Morgan fingerprint density at radius 1 is 1.32 bits per heavy atom. The Bertz CT molecular complexity index is 414. The van der Waals surface area contributed by atoms with E-state index in [-0.39, 0.29) is 0 Å². The molecule has 5 nitrogen and oxygen atoms in total. The van der Waals surface area contributed by atoms with E-state index in [1.54, 1.807) is 0 Å². The molecule has 1 aliphatic heterocycles. The molecule has 1 saturated heterocycles. The zero-order valence-corrected chi connectivity index (χ0v) is 12.3. The van der Waals surface area contributed by atoms with Crippen LogP contribution >= 0.6 is 0 Å². The fraction of sp³-hybridized carbons (Fsp3) is 0.714. The van der Waals surface area contributed by atoms with Crippen molar-refractivity contribution in [1.82, 2.24) is 15.0 Å². The van der Waals surface area contributed by atoms with Gasteiger partial charge < -0.3 is 4.74 Å². The third kappa shape index (κ3) is 3.56. The van der Waals surface area contributed by atoms with E-state index in [4.69, 9.17) is 4.74 Å². The van der Waals surface area contributed by atoms with Gasteiger partial charge in [-0.25, -0.2) is 9.99 Å². The first-order valence-electron chi connectivity index (χ1n) is 7.13. The Morgan fingerprint density at radius 3 is 2.63 bits per heavy atom. The molecule has 1 fully saturated rings. The van der Waals surface area contributed by atoms with Crippen LogP contribution in [0.3, 0.4) is 0 Å². The number of nitrogens with zero attached hydrogens (tertiary/aromatic N) is 3. The molecule has 0 radical (unpaired) electrons. The summed E-state index contributed by atoms with van der Waals surface area (Å²) in [4.78, 5) is 8.84. The average molecular weight is 264 g/mol. The molecule has 2 heterocycles. The lowest BCUT2D eigenvalue weighted by molar-refractivity contribution is 0.134. The van der Waals surface area contributed by atoms with Crippen LogP contribution in [-0.2, 0) is 0 Å². The SMILES string of the molecule is CCOc1cc(C)nc(NN2C(C)CCCC2C)n1. The van der Waals surface area contributed by atoms with Crippen molar-refractivity contribution < 1.29 is 4.74 Å². The van der Waals surface area contributed by atoms with Crippen LogP contribution in [0.4, 0.5) is 5.95 Å². The Morgan fingerprint density at radius 2 is 2.00 bits per heavy atom. The van der Waals surface area contributed by atoms with Crippen LogP contribution < -0.4 is 10.2 Å². The second-order valence-electron chi connectivity index (χ2n) is 5.25. The maximum atomic E-state index is 5.46. The van der Waals surface area contributed by atoms with Gasteiger partial charge in [0.25, 0.3) is 0 Å². The molecule has 0 aliphatic carbocycles. The first-order chi connectivity index (χ1) is 9.10. The minimum Gasteiger partial charge on any atom is -0.478 e. The highest BCUT2D eigenvalue weighted by Gasteiger charge is 2.25. The lowest BCUT2D eigenvalue weighted by Gasteiger charge is -2.38. The average Bonchev–Trinajstić information content (AvgIpc) is 2.34. The van der Waals surface area contributed by atoms with E-state index in [9.17, 15) is 0 Å². The van der Waals surface area contributed by atoms with Crippen molar-refractivity contribution in [3.05, 3.63) is 11.8 Å². The quantitative estimate of drug-likeness (QED) is 0.906. The molecule has 2 unspecified atom stereocenters. The third-order valence-corrected chi connectivity index (χ3v) is 3.55. The van der Waals surface area contributed by atoms with Crippen molar-refractivity contribution in [1.29, 1.82) is 0 Å². The summed E-state index contributed by atoms with van der Waals surface area (Å²) in [5, 5.41) is 2.26. The van der Waals surface area contributed by atoms with Gasteiger partial charge in [0.15, 0.2) is 0 Å². The second kappa shape index (κ2) is 6.19. The normalized spacial score (nSPS) is 24.2. The van der Waals surface area contributed by atoms with Gasteiger partial charge in [-0.15, -0.1) is 0 Å². The van der Waals surface area contributed by atoms with Crippen LogP contribution in [0, 0.1) is 6.92 Å². The van der Waals surface area contributed by atoms with Crippen molar-refractivity contribution >= 4 is 5.95 Å². The monoisotopic (exact) mass is 264 g/mol. The van der Waals surface area contributed by atoms with Crippen molar-refractivity contribution in [2.24, 2.45) is 0 Å². The largest absolute Gasteiger partial charge is 0.478 e. The number of hydrazine groups is 1. The van der Waals surface area contributed by atoms with Crippen molar-refractivity contribution in [2.75, 3.05) is 12.0 Å². The number of piperidine rings is 1. The van der Waals surface area contributed by atoms with E-state index >= 15 is 0 Å². The summed E-state index contributed by atoms with van der Waals surface area (Å²) < 4.78 is 5.46. The number of hydrogen-bond acceptors (Lipinski definition) is 5. The summed E-state index contributed by atoms with van der Waals surface area (Å²) in [6.07, 6.45) is 3.71. The summed E-state index contributed by atoms with van der Waals surface area (Å²) >= 11 is 0. The van der Waals surface area contributed by atoms with Crippen LogP contribution in [0.5, 0.6) is 5.88 Å². The topological polar surface area (TPSA) is 50.3 Å². The Kier molecular flexibility index (Phi) is 4.58. The zero-order chi connectivity index (χ0) is 13.8. The summed E-state index contributed by atoms with van der Waals surface area (Å²) in [6, 6.07) is 2.87. The minimum atomic E-state index is 0.503. The molecular formula is C14H24N4O. The van der Waals surface area contributed by atoms with Crippen LogP contribution in [0.2, 0.25) is 0 Å². The number of rotatable bonds is 4. The van der Waals surface area contributed by atoms with E-state index in [2.05, 4.69) is 34.3 Å². The Balaban J connectivity index is 2.13. The highest BCUT2D eigenvalue weighted by atomic mass is 16.5. The first kappa shape index (κ1) is 14.1. The van der Waals surface area contributed by atoms with Crippen molar-refractivity contribution in [2.45, 2.75) is 59.0 Å². The molecule has 0 saturated carbocycles. The number of ether oxygens (including phenoxy) is 1. The van der Waals surface area contributed by atoms with E-state index in [1.807, 2.05) is 19.9 Å². The van der Waals surface area contributed by atoms with Crippen molar-refractivity contribution in [3.8, 4) is 5.88 Å². The Labute approximate surface area is 115 Å². The molecule has 5 heteroatoms. The lowest BCUT2D eigenvalue weighted by Crippen LogP contribution is -2.47. The van der Waals surface area contributed by atoms with E-state index in [0.29, 0.717) is 30.5 Å². The van der Waals surface area contributed by atoms with Crippen molar-refractivity contribution in [3.63, 3.8) is 0 Å². The van der Waals surface area contributed by atoms with E-state index in [0.717, 1.165) is 5.69 Å². The van der Waals surface area contributed by atoms with E-state index in [1.165, 1.54) is 19.3 Å². The number of aryl methyl sites for hydroxylation is 1. The maximum absolute atomic E-state index is 5.46. The maximum Gasteiger partial charge on any atom is 0.241 e. The van der Waals surface area contributed by atoms with E-state index < -0.39 is 0 Å². The number of aromatic nitrogens is 2. The molecule has 0 spiro atoms. The molecule has 0 amide bonds. The van der Waals surface area contributed by atoms with Gasteiger partial charge in [-0.1, -0.05) is 6.42 Å².